The van der Waals surface area contributed by atoms with E-state index in [4.69, 9.17) is 20.9 Å². The Kier molecular flexibility index (Phi) is 32.3. The van der Waals surface area contributed by atoms with Crippen LogP contribution in [0.4, 0.5) is 0 Å². The van der Waals surface area contributed by atoms with Crippen LogP contribution < -0.4 is 11.5 Å². The van der Waals surface area contributed by atoms with E-state index in [2.05, 4.69) is 63.5 Å². The van der Waals surface area contributed by atoms with Crippen LogP contribution in [0, 0.1) is 0 Å². The molecule has 0 saturated carbocycles. The fourth-order valence-electron chi connectivity index (χ4n) is 5.61. The summed E-state index contributed by atoms with van der Waals surface area (Å²) in [4.78, 5) is 29.4. The predicted octanol–water partition coefficient (Wildman–Crippen LogP) is 8.66. The summed E-state index contributed by atoms with van der Waals surface area (Å²) in [5.41, 5.74) is 16.9. The summed E-state index contributed by atoms with van der Waals surface area (Å²) in [6.07, 6.45) is 23.9. The van der Waals surface area contributed by atoms with Crippen molar-refractivity contribution in [1.29, 1.82) is 0 Å². The number of ether oxygens (including phenoxy) is 2. The highest BCUT2D eigenvalue weighted by Crippen LogP contribution is 2.10. The summed E-state index contributed by atoms with van der Waals surface area (Å²) < 4.78 is 10.8. The number of rotatable bonds is 33. The molecule has 290 valence electrons. The first-order valence-electron chi connectivity index (χ1n) is 19.8. The monoisotopic (exact) mass is 703 g/mol. The molecule has 0 spiro atoms. The van der Waals surface area contributed by atoms with Crippen molar-refractivity contribution >= 4 is 11.9 Å². The molecule has 0 aromatic carbocycles. The summed E-state index contributed by atoms with van der Waals surface area (Å²) in [6.45, 7) is 21.2. The fourth-order valence-corrected chi connectivity index (χ4v) is 5.61. The molecule has 8 heteroatoms. The second-order valence-corrected chi connectivity index (χ2v) is 14.4. The van der Waals surface area contributed by atoms with Gasteiger partial charge in [0.05, 0.1) is 0 Å². The van der Waals surface area contributed by atoms with Crippen molar-refractivity contribution in [2.24, 2.45) is 11.5 Å². The maximum Gasteiger partial charge on any atom is 0.306 e. The molecular formula is C42H78N4O4. The highest BCUT2D eigenvalue weighted by Gasteiger charge is 2.09. The molecule has 0 aliphatic rings. The Bertz CT molecular complexity index is 902. The number of allylic oxidation sites excluding steroid dienone is 6. The minimum absolute atomic E-state index is 0.0973. The van der Waals surface area contributed by atoms with Gasteiger partial charge in [0.25, 0.3) is 0 Å². The summed E-state index contributed by atoms with van der Waals surface area (Å²) in [5, 5.41) is 0. The molecule has 0 fully saturated rings. The highest BCUT2D eigenvalue weighted by atomic mass is 16.5. The van der Waals surface area contributed by atoms with Gasteiger partial charge in [-0.3, -0.25) is 9.59 Å². The topological polar surface area (TPSA) is 111 Å². The third kappa shape index (κ3) is 32.9. The maximum absolute atomic E-state index is 12.2. The predicted molar refractivity (Wildman–Crippen MR) is 213 cm³/mol. The Labute approximate surface area is 308 Å². The SMILES string of the molecule is CC(C)=CCC/C(C)=C/COC(=O)CCCCCN(CCCN)CCCCN(CCCN)CCCCCC(=O)OC/C=C(\C)CCC=C(C)C. The zero-order valence-corrected chi connectivity index (χ0v) is 33.4. The molecule has 0 saturated heterocycles. The molecule has 8 nitrogen and oxygen atoms in total. The molecule has 4 N–H and O–H groups in total. The minimum atomic E-state index is -0.0973. The van der Waals surface area contributed by atoms with E-state index in [1.54, 1.807) is 0 Å². The lowest BCUT2D eigenvalue weighted by Crippen LogP contribution is -2.31. The van der Waals surface area contributed by atoms with Gasteiger partial charge in [-0.1, -0.05) is 47.3 Å². The standard InChI is InChI=1S/C42H78N4O4/c1-37(2)19-15-21-39(5)25-35-49-41(47)23-9-7-11-29-45(33-17-27-43)31-13-14-32-46(34-18-28-44)30-12-8-10-24-42(48)50-36-26-40(6)22-16-20-38(3)4/h19-20,25-26H,7-18,21-24,27-36,43-44H2,1-6H3/b39-25+,40-26+. The first-order chi connectivity index (χ1) is 24.1. The van der Waals surface area contributed by atoms with Gasteiger partial charge in [-0.25, -0.2) is 0 Å². The zero-order valence-electron chi connectivity index (χ0n) is 33.4. The molecule has 0 atom stereocenters. The van der Waals surface area contributed by atoms with Crippen LogP contribution in [-0.2, 0) is 19.1 Å². The van der Waals surface area contributed by atoms with Crippen molar-refractivity contribution < 1.29 is 19.1 Å². The van der Waals surface area contributed by atoms with Crippen LogP contribution in [0.5, 0.6) is 0 Å². The number of carbonyl (C=O) groups excluding carboxylic acids is 2. The van der Waals surface area contributed by atoms with Crippen LogP contribution in [0.15, 0.2) is 46.6 Å². The largest absolute Gasteiger partial charge is 0.461 e. The summed E-state index contributed by atoms with van der Waals surface area (Å²) in [6, 6.07) is 0. The Morgan fingerprint density at radius 2 is 0.800 bits per heavy atom. The average Bonchev–Trinajstić information content (AvgIpc) is 3.06. The van der Waals surface area contributed by atoms with E-state index < -0.39 is 0 Å². The van der Waals surface area contributed by atoms with Crippen molar-refractivity contribution in [3.05, 3.63) is 46.6 Å². The molecule has 0 bridgehead atoms. The molecule has 0 amide bonds. The lowest BCUT2D eigenvalue weighted by Gasteiger charge is -2.24. The number of esters is 2. The number of nitrogens with two attached hydrogens (primary N) is 2. The number of hydrogen-bond acceptors (Lipinski definition) is 8. The Hall–Kier alpha value is -2.26. The van der Waals surface area contributed by atoms with Crippen LogP contribution in [-0.4, -0.2) is 87.3 Å². The van der Waals surface area contributed by atoms with Crippen molar-refractivity contribution in [1.82, 2.24) is 9.80 Å². The molecule has 0 unspecified atom stereocenters. The van der Waals surface area contributed by atoms with E-state index in [1.165, 1.54) is 22.3 Å². The van der Waals surface area contributed by atoms with Crippen LogP contribution in [0.2, 0.25) is 0 Å². The molecule has 0 radical (unpaired) electrons. The maximum atomic E-state index is 12.2. The number of nitrogens with zero attached hydrogens (tertiary/aromatic N) is 2. The summed E-state index contributed by atoms with van der Waals surface area (Å²) in [7, 11) is 0. The van der Waals surface area contributed by atoms with Crippen LogP contribution in [0.25, 0.3) is 0 Å². The molecule has 0 aliphatic heterocycles. The van der Waals surface area contributed by atoms with Gasteiger partial charge in [0.15, 0.2) is 0 Å². The lowest BCUT2D eigenvalue weighted by atomic mass is 10.1. The first-order valence-corrected chi connectivity index (χ1v) is 19.8. The molecule has 50 heavy (non-hydrogen) atoms. The normalized spacial score (nSPS) is 12.0. The van der Waals surface area contributed by atoms with Gasteiger partial charge in [-0.15, -0.1) is 0 Å². The Morgan fingerprint density at radius 3 is 1.14 bits per heavy atom. The van der Waals surface area contributed by atoms with E-state index in [1.807, 2.05) is 12.2 Å². The molecule has 0 aromatic heterocycles. The quantitative estimate of drug-likeness (QED) is 0.0397. The van der Waals surface area contributed by atoms with E-state index in [0.29, 0.717) is 39.1 Å². The smallest absolute Gasteiger partial charge is 0.306 e. The van der Waals surface area contributed by atoms with E-state index in [-0.39, 0.29) is 11.9 Å². The van der Waals surface area contributed by atoms with Gasteiger partial charge in [0.2, 0.25) is 0 Å². The van der Waals surface area contributed by atoms with Crippen molar-refractivity contribution in [2.45, 2.75) is 144 Å². The van der Waals surface area contributed by atoms with Gasteiger partial charge >= 0.3 is 11.9 Å². The van der Waals surface area contributed by atoms with E-state index in [9.17, 15) is 9.59 Å². The zero-order chi connectivity index (χ0) is 37.2. The Morgan fingerprint density at radius 1 is 0.460 bits per heavy atom. The number of hydrogen-bond donors (Lipinski definition) is 2. The second kappa shape index (κ2) is 33.9. The summed E-state index contributed by atoms with van der Waals surface area (Å²) in [5.74, 6) is -0.195. The van der Waals surface area contributed by atoms with Gasteiger partial charge in [-0.2, -0.15) is 0 Å². The minimum Gasteiger partial charge on any atom is -0.461 e. The lowest BCUT2D eigenvalue weighted by molar-refractivity contribution is -0.143. The van der Waals surface area contributed by atoms with Gasteiger partial charge in [0.1, 0.15) is 13.2 Å². The van der Waals surface area contributed by atoms with E-state index >= 15 is 0 Å². The molecule has 0 heterocycles. The third-order valence-corrected chi connectivity index (χ3v) is 8.80. The third-order valence-electron chi connectivity index (χ3n) is 8.80. The van der Waals surface area contributed by atoms with Crippen molar-refractivity contribution in [3.63, 3.8) is 0 Å². The number of carbonyl (C=O) groups is 2. The van der Waals surface area contributed by atoms with Gasteiger partial charge in [-0.05, 0) is 183 Å². The van der Waals surface area contributed by atoms with Crippen molar-refractivity contribution in [3.8, 4) is 0 Å². The Balaban J connectivity index is 4.25. The second-order valence-electron chi connectivity index (χ2n) is 14.4. The average molecular weight is 703 g/mol. The van der Waals surface area contributed by atoms with Gasteiger partial charge in [0, 0.05) is 12.8 Å². The number of unbranched alkanes of at least 4 members (excludes halogenated alkanes) is 5. The molecular weight excluding hydrogens is 624 g/mol. The van der Waals surface area contributed by atoms with Crippen LogP contribution >= 0.6 is 0 Å². The van der Waals surface area contributed by atoms with Crippen molar-refractivity contribution in [2.75, 3.05) is 65.6 Å². The van der Waals surface area contributed by atoms with Crippen LogP contribution in [0.1, 0.15) is 144 Å². The van der Waals surface area contributed by atoms with E-state index in [0.717, 1.165) is 129 Å². The summed E-state index contributed by atoms with van der Waals surface area (Å²) >= 11 is 0. The first kappa shape index (κ1) is 47.7. The van der Waals surface area contributed by atoms with Crippen LogP contribution in [0.3, 0.4) is 0 Å². The molecule has 0 rings (SSSR count). The molecule has 0 aliphatic carbocycles. The van der Waals surface area contributed by atoms with Gasteiger partial charge < -0.3 is 30.7 Å². The fraction of sp³-hybridized carbons (Fsp3) is 0.762. The highest BCUT2D eigenvalue weighted by molar-refractivity contribution is 5.69. The molecule has 0 aromatic rings.